The highest BCUT2D eigenvalue weighted by Gasteiger charge is 2.31. The van der Waals surface area contributed by atoms with Crippen molar-refractivity contribution in [2.45, 2.75) is 31.4 Å². The van der Waals surface area contributed by atoms with E-state index in [0.717, 1.165) is 24.2 Å². The highest BCUT2D eigenvalue weighted by molar-refractivity contribution is 7.88. The van der Waals surface area contributed by atoms with Gasteiger partial charge in [-0.2, -0.15) is 0 Å². The Balaban J connectivity index is 1.40. The molecule has 0 saturated carbocycles. The maximum absolute atomic E-state index is 13.0. The zero-order valence-electron chi connectivity index (χ0n) is 17.7. The molecule has 1 heterocycles. The molecule has 1 N–H and O–H groups in total. The fourth-order valence-corrected chi connectivity index (χ4v) is 5.32. The van der Waals surface area contributed by atoms with Gasteiger partial charge in [0.25, 0.3) is 0 Å². The van der Waals surface area contributed by atoms with Crippen LogP contribution in [-0.4, -0.2) is 45.4 Å². The van der Waals surface area contributed by atoms with Crippen LogP contribution in [0.5, 0.6) is 5.75 Å². The summed E-state index contributed by atoms with van der Waals surface area (Å²) in [6.45, 7) is 1.23. The molecule has 0 radical (unpaired) electrons. The molecule has 6 nitrogen and oxygen atoms in total. The Hall–Kier alpha value is -2.45. The summed E-state index contributed by atoms with van der Waals surface area (Å²) in [6.07, 6.45) is 2.68. The highest BCUT2D eigenvalue weighted by atomic mass is 32.2. The lowest BCUT2D eigenvalue weighted by Gasteiger charge is -2.30. The fourth-order valence-electron chi connectivity index (χ4n) is 3.76. The van der Waals surface area contributed by atoms with Crippen LogP contribution in [0.15, 0.2) is 48.5 Å². The largest absolute Gasteiger partial charge is 0.497 e. The van der Waals surface area contributed by atoms with Gasteiger partial charge in [0, 0.05) is 25.6 Å². The normalized spacial score (nSPS) is 15.5. The van der Waals surface area contributed by atoms with Crippen LogP contribution in [0.3, 0.4) is 0 Å². The second-order valence-electron chi connectivity index (χ2n) is 7.80. The van der Waals surface area contributed by atoms with Gasteiger partial charge >= 0.3 is 0 Å². The number of aryl methyl sites for hydroxylation is 1. The number of amides is 1. The lowest BCUT2D eigenvalue weighted by atomic mass is 9.97. The number of rotatable bonds is 9. The van der Waals surface area contributed by atoms with Gasteiger partial charge in [-0.3, -0.25) is 4.79 Å². The number of hydrogen-bond acceptors (Lipinski definition) is 4. The molecule has 1 aliphatic rings. The number of piperidine rings is 1. The number of benzene rings is 2. The average molecular weight is 449 g/mol. The molecule has 168 valence electrons. The van der Waals surface area contributed by atoms with Crippen molar-refractivity contribution in [2.75, 3.05) is 26.7 Å². The van der Waals surface area contributed by atoms with Gasteiger partial charge in [0.1, 0.15) is 11.6 Å². The van der Waals surface area contributed by atoms with Crippen molar-refractivity contribution in [1.29, 1.82) is 0 Å². The molecule has 0 unspecified atom stereocenters. The number of hydrogen-bond donors (Lipinski definition) is 1. The molecule has 1 saturated heterocycles. The van der Waals surface area contributed by atoms with E-state index in [4.69, 9.17) is 4.74 Å². The lowest BCUT2D eigenvalue weighted by molar-refractivity contribution is -0.126. The molecule has 0 atom stereocenters. The minimum Gasteiger partial charge on any atom is -0.497 e. The van der Waals surface area contributed by atoms with Gasteiger partial charge in [0.15, 0.2) is 0 Å². The van der Waals surface area contributed by atoms with Gasteiger partial charge in [0.2, 0.25) is 15.9 Å². The summed E-state index contributed by atoms with van der Waals surface area (Å²) in [6, 6.07) is 13.4. The number of ether oxygens (including phenoxy) is 1. The monoisotopic (exact) mass is 448 g/mol. The summed E-state index contributed by atoms with van der Waals surface area (Å²) < 4.78 is 44.9. The number of sulfonamides is 1. The molecule has 2 aromatic carbocycles. The van der Waals surface area contributed by atoms with E-state index in [2.05, 4.69) is 5.32 Å². The summed E-state index contributed by atoms with van der Waals surface area (Å²) in [4.78, 5) is 12.5. The Kier molecular flexibility index (Phi) is 8.03. The van der Waals surface area contributed by atoms with Gasteiger partial charge in [-0.15, -0.1) is 0 Å². The molecule has 3 rings (SSSR count). The molecular formula is C23H29FN2O4S. The second-order valence-corrected chi connectivity index (χ2v) is 9.77. The van der Waals surface area contributed by atoms with Gasteiger partial charge in [-0.1, -0.05) is 24.3 Å². The van der Waals surface area contributed by atoms with E-state index in [1.165, 1.54) is 28.6 Å². The first kappa shape index (κ1) is 23.2. The minimum atomic E-state index is -3.49. The second kappa shape index (κ2) is 10.7. The van der Waals surface area contributed by atoms with Crippen LogP contribution >= 0.6 is 0 Å². The molecule has 0 aromatic heterocycles. The number of carbonyl (C=O) groups is 1. The van der Waals surface area contributed by atoms with E-state index in [9.17, 15) is 17.6 Å². The predicted molar refractivity (Wildman–Crippen MR) is 118 cm³/mol. The van der Waals surface area contributed by atoms with Crippen LogP contribution in [0.2, 0.25) is 0 Å². The van der Waals surface area contributed by atoms with E-state index in [1.54, 1.807) is 7.11 Å². The SMILES string of the molecule is COc1cccc(CCCNC(=O)C2CCN(S(=O)(=O)Cc3ccc(F)cc3)CC2)c1. The van der Waals surface area contributed by atoms with Gasteiger partial charge in [0.05, 0.1) is 12.9 Å². The van der Waals surface area contributed by atoms with E-state index in [0.29, 0.717) is 38.0 Å². The van der Waals surface area contributed by atoms with E-state index >= 15 is 0 Å². The Labute approximate surface area is 183 Å². The average Bonchev–Trinajstić information content (AvgIpc) is 2.78. The van der Waals surface area contributed by atoms with Gasteiger partial charge in [-0.25, -0.2) is 17.1 Å². The number of nitrogens with one attached hydrogen (secondary N) is 1. The zero-order chi connectivity index (χ0) is 22.3. The van der Waals surface area contributed by atoms with Crippen molar-refractivity contribution in [1.82, 2.24) is 9.62 Å². The van der Waals surface area contributed by atoms with Crippen LogP contribution in [0, 0.1) is 11.7 Å². The molecule has 0 bridgehead atoms. The standard InChI is InChI=1S/C23H29FN2O4S/c1-30-22-6-2-4-18(16-22)5-3-13-25-23(27)20-11-14-26(15-12-20)31(28,29)17-19-7-9-21(24)10-8-19/h2,4,6-10,16,20H,3,5,11-15,17H2,1H3,(H,25,27). The maximum Gasteiger partial charge on any atom is 0.223 e. The van der Waals surface area contributed by atoms with Crippen molar-refractivity contribution >= 4 is 15.9 Å². The number of carbonyl (C=O) groups excluding carboxylic acids is 1. The molecule has 2 aromatic rings. The molecule has 0 spiro atoms. The molecule has 31 heavy (non-hydrogen) atoms. The third kappa shape index (κ3) is 6.77. The first-order chi connectivity index (χ1) is 14.9. The third-order valence-electron chi connectivity index (χ3n) is 5.56. The topological polar surface area (TPSA) is 75.7 Å². The van der Waals surface area contributed by atoms with Crippen LogP contribution < -0.4 is 10.1 Å². The molecule has 1 amide bonds. The van der Waals surface area contributed by atoms with Crippen molar-refractivity contribution < 1.29 is 22.3 Å². The summed E-state index contributed by atoms with van der Waals surface area (Å²) >= 11 is 0. The van der Waals surface area contributed by atoms with E-state index < -0.39 is 15.8 Å². The van der Waals surface area contributed by atoms with Gasteiger partial charge in [-0.05, 0) is 61.1 Å². The van der Waals surface area contributed by atoms with Crippen LogP contribution in [0.25, 0.3) is 0 Å². The molecular weight excluding hydrogens is 419 g/mol. The number of halogens is 1. The quantitative estimate of drug-likeness (QED) is 0.598. The minimum absolute atomic E-state index is 0.0128. The summed E-state index contributed by atoms with van der Waals surface area (Å²) in [7, 11) is -1.85. The summed E-state index contributed by atoms with van der Waals surface area (Å²) in [5.41, 5.74) is 1.71. The van der Waals surface area contributed by atoms with Gasteiger partial charge < -0.3 is 10.1 Å². The molecule has 1 fully saturated rings. The molecule has 8 heteroatoms. The van der Waals surface area contributed by atoms with Crippen LogP contribution in [0.1, 0.15) is 30.4 Å². The van der Waals surface area contributed by atoms with Crippen molar-refractivity contribution in [3.05, 3.63) is 65.5 Å². The zero-order valence-corrected chi connectivity index (χ0v) is 18.5. The smallest absolute Gasteiger partial charge is 0.223 e. The Bertz CT molecular complexity index is 971. The van der Waals surface area contributed by atoms with E-state index in [-0.39, 0.29) is 17.6 Å². The molecule has 0 aliphatic carbocycles. The van der Waals surface area contributed by atoms with E-state index in [1.807, 2.05) is 24.3 Å². The molecule has 1 aliphatic heterocycles. The highest BCUT2D eigenvalue weighted by Crippen LogP contribution is 2.22. The van der Waals surface area contributed by atoms with Crippen LogP contribution in [0.4, 0.5) is 4.39 Å². The first-order valence-electron chi connectivity index (χ1n) is 10.5. The third-order valence-corrected chi connectivity index (χ3v) is 7.41. The Morgan fingerprint density at radius 2 is 1.84 bits per heavy atom. The van der Waals surface area contributed by atoms with Crippen molar-refractivity contribution in [3.63, 3.8) is 0 Å². The van der Waals surface area contributed by atoms with Crippen molar-refractivity contribution in [2.24, 2.45) is 5.92 Å². The predicted octanol–water partition coefficient (Wildman–Crippen LogP) is 3.13. The maximum atomic E-state index is 13.0. The van der Waals surface area contributed by atoms with Crippen molar-refractivity contribution in [3.8, 4) is 5.75 Å². The first-order valence-corrected chi connectivity index (χ1v) is 12.1. The summed E-state index contributed by atoms with van der Waals surface area (Å²) in [5, 5.41) is 2.98. The fraction of sp³-hybridized carbons (Fsp3) is 0.435. The van der Waals surface area contributed by atoms with Crippen LogP contribution in [-0.2, 0) is 27.0 Å². The Morgan fingerprint density at radius 1 is 1.13 bits per heavy atom. The Morgan fingerprint density at radius 3 is 2.52 bits per heavy atom. The summed E-state index contributed by atoms with van der Waals surface area (Å²) in [5.74, 6) is 0.0866. The number of methoxy groups -OCH3 is 1. The lowest BCUT2D eigenvalue weighted by Crippen LogP contribution is -2.43. The number of nitrogens with zero attached hydrogens (tertiary/aromatic N) is 1.